The van der Waals surface area contributed by atoms with Crippen molar-refractivity contribution in [3.05, 3.63) is 22.7 Å². The van der Waals surface area contributed by atoms with Crippen LogP contribution >= 0.6 is 11.6 Å². The molecule has 0 amide bonds. The second-order valence-electron chi connectivity index (χ2n) is 6.56. The van der Waals surface area contributed by atoms with Crippen molar-refractivity contribution in [1.82, 2.24) is 4.90 Å². The third kappa shape index (κ3) is 3.30. The van der Waals surface area contributed by atoms with Crippen molar-refractivity contribution in [3.8, 4) is 11.5 Å². The Bertz CT molecular complexity index is 717. The molecule has 4 rings (SSSR count). The zero-order valence-corrected chi connectivity index (χ0v) is 14.4. The zero-order chi connectivity index (χ0) is 16.0. The number of hydrogen-bond donors (Lipinski definition) is 0. The standard InChI is InChI=1S/C16H20ClNO4S/c17-14-7-11(8-15-16(14)22-5-4-21-15)9-18(12-1-2-12)13-3-6-23(19,20)10-13/h7-8,12-13H,1-6,9-10H2/t13-/m0/s1. The van der Waals surface area contributed by atoms with E-state index in [1.807, 2.05) is 12.1 Å². The van der Waals surface area contributed by atoms with Crippen LogP contribution in [0, 0.1) is 0 Å². The van der Waals surface area contributed by atoms with E-state index in [4.69, 9.17) is 21.1 Å². The molecule has 1 atom stereocenters. The topological polar surface area (TPSA) is 55.8 Å². The molecule has 0 spiro atoms. The van der Waals surface area contributed by atoms with Crippen LogP contribution in [0.3, 0.4) is 0 Å². The first-order valence-electron chi connectivity index (χ1n) is 8.06. The lowest BCUT2D eigenvalue weighted by Gasteiger charge is -2.29. The molecule has 2 heterocycles. The summed E-state index contributed by atoms with van der Waals surface area (Å²) < 4.78 is 34.8. The van der Waals surface area contributed by atoms with Gasteiger partial charge in [-0.1, -0.05) is 11.6 Å². The first-order valence-corrected chi connectivity index (χ1v) is 10.3. The number of fused-ring (bicyclic) bond motifs is 1. The second kappa shape index (κ2) is 5.83. The molecule has 7 heteroatoms. The molecule has 1 aliphatic carbocycles. The quantitative estimate of drug-likeness (QED) is 0.827. The minimum Gasteiger partial charge on any atom is -0.486 e. The van der Waals surface area contributed by atoms with E-state index in [1.54, 1.807) is 0 Å². The second-order valence-corrected chi connectivity index (χ2v) is 9.20. The van der Waals surface area contributed by atoms with E-state index in [9.17, 15) is 8.42 Å². The minimum atomic E-state index is -2.87. The Morgan fingerprint density at radius 2 is 1.91 bits per heavy atom. The number of benzene rings is 1. The van der Waals surface area contributed by atoms with Crippen LogP contribution in [0.1, 0.15) is 24.8 Å². The van der Waals surface area contributed by atoms with Crippen molar-refractivity contribution in [2.75, 3.05) is 24.7 Å². The number of rotatable bonds is 4. The molecule has 2 fully saturated rings. The molecular weight excluding hydrogens is 338 g/mol. The first kappa shape index (κ1) is 15.5. The Labute approximate surface area is 141 Å². The van der Waals surface area contributed by atoms with E-state index in [0.29, 0.717) is 48.1 Å². The van der Waals surface area contributed by atoms with Crippen molar-refractivity contribution >= 4 is 21.4 Å². The molecule has 0 N–H and O–H groups in total. The fraction of sp³-hybridized carbons (Fsp3) is 0.625. The van der Waals surface area contributed by atoms with Crippen molar-refractivity contribution in [3.63, 3.8) is 0 Å². The van der Waals surface area contributed by atoms with Crippen LogP contribution in [0.5, 0.6) is 11.5 Å². The van der Waals surface area contributed by atoms with Crippen LogP contribution in [0.25, 0.3) is 0 Å². The van der Waals surface area contributed by atoms with Crippen LogP contribution in [0.15, 0.2) is 12.1 Å². The Morgan fingerprint density at radius 3 is 2.61 bits per heavy atom. The van der Waals surface area contributed by atoms with Crippen molar-refractivity contribution < 1.29 is 17.9 Å². The van der Waals surface area contributed by atoms with Gasteiger partial charge < -0.3 is 9.47 Å². The third-order valence-electron chi connectivity index (χ3n) is 4.72. The maximum atomic E-state index is 11.8. The van der Waals surface area contributed by atoms with E-state index in [0.717, 1.165) is 24.8 Å². The predicted molar refractivity (Wildman–Crippen MR) is 88.1 cm³/mol. The average molecular weight is 358 g/mol. The molecule has 1 aromatic rings. The monoisotopic (exact) mass is 357 g/mol. The summed E-state index contributed by atoms with van der Waals surface area (Å²) in [6.45, 7) is 1.75. The van der Waals surface area contributed by atoms with Crippen LogP contribution in [-0.2, 0) is 16.4 Å². The Morgan fingerprint density at radius 1 is 1.13 bits per heavy atom. The van der Waals surface area contributed by atoms with Crippen LogP contribution in [0.4, 0.5) is 0 Å². The minimum absolute atomic E-state index is 0.125. The highest BCUT2D eigenvalue weighted by Gasteiger charge is 2.39. The van der Waals surface area contributed by atoms with Gasteiger partial charge in [-0.15, -0.1) is 0 Å². The number of nitrogens with zero attached hydrogens (tertiary/aromatic N) is 1. The summed E-state index contributed by atoms with van der Waals surface area (Å²) in [5.41, 5.74) is 1.05. The molecule has 5 nitrogen and oxygen atoms in total. The smallest absolute Gasteiger partial charge is 0.179 e. The molecule has 0 unspecified atom stereocenters. The molecule has 3 aliphatic rings. The van der Waals surface area contributed by atoms with Gasteiger partial charge in [-0.3, -0.25) is 4.90 Å². The number of halogens is 1. The van der Waals surface area contributed by atoms with Crippen molar-refractivity contribution in [2.45, 2.75) is 37.9 Å². The largest absolute Gasteiger partial charge is 0.486 e. The fourth-order valence-electron chi connectivity index (χ4n) is 3.47. The van der Waals surface area contributed by atoms with Gasteiger partial charge in [-0.05, 0) is 37.0 Å². The number of hydrogen-bond acceptors (Lipinski definition) is 5. The number of sulfone groups is 1. The van der Waals surface area contributed by atoms with Crippen molar-refractivity contribution in [2.24, 2.45) is 0 Å². The highest BCUT2D eigenvalue weighted by molar-refractivity contribution is 7.91. The van der Waals surface area contributed by atoms with Gasteiger partial charge in [0.15, 0.2) is 21.3 Å². The first-order chi connectivity index (χ1) is 11.0. The molecule has 0 aromatic heterocycles. The molecule has 126 valence electrons. The van der Waals surface area contributed by atoms with Gasteiger partial charge in [0.1, 0.15) is 13.2 Å². The van der Waals surface area contributed by atoms with Crippen LogP contribution < -0.4 is 9.47 Å². The normalized spacial score (nSPS) is 25.7. The maximum absolute atomic E-state index is 11.8. The highest BCUT2D eigenvalue weighted by atomic mass is 35.5. The lowest BCUT2D eigenvalue weighted by atomic mass is 10.1. The van der Waals surface area contributed by atoms with E-state index < -0.39 is 9.84 Å². The van der Waals surface area contributed by atoms with Gasteiger partial charge in [0, 0.05) is 18.6 Å². The molecule has 2 aliphatic heterocycles. The number of ether oxygens (including phenoxy) is 2. The fourth-order valence-corrected chi connectivity index (χ4v) is 5.50. The van der Waals surface area contributed by atoms with Gasteiger partial charge in [0.2, 0.25) is 0 Å². The van der Waals surface area contributed by atoms with Gasteiger partial charge in [0.25, 0.3) is 0 Å². The summed E-state index contributed by atoms with van der Waals surface area (Å²) in [5, 5.41) is 0.562. The Hall–Kier alpha value is -0.980. The van der Waals surface area contributed by atoms with Crippen LogP contribution in [0.2, 0.25) is 5.02 Å². The van der Waals surface area contributed by atoms with Crippen LogP contribution in [-0.4, -0.2) is 50.1 Å². The summed E-state index contributed by atoms with van der Waals surface area (Å²) in [6.07, 6.45) is 3.03. The molecule has 1 aromatic carbocycles. The molecule has 23 heavy (non-hydrogen) atoms. The molecule has 0 radical (unpaired) electrons. The third-order valence-corrected chi connectivity index (χ3v) is 6.75. The van der Waals surface area contributed by atoms with E-state index in [2.05, 4.69) is 4.90 Å². The highest BCUT2D eigenvalue weighted by Crippen LogP contribution is 2.40. The summed E-state index contributed by atoms with van der Waals surface area (Å²) >= 11 is 6.31. The maximum Gasteiger partial charge on any atom is 0.179 e. The SMILES string of the molecule is O=S1(=O)CC[C@H](N(Cc2cc(Cl)c3c(c2)OCCO3)C2CC2)C1. The Balaban J connectivity index is 1.57. The van der Waals surface area contributed by atoms with Gasteiger partial charge >= 0.3 is 0 Å². The lowest BCUT2D eigenvalue weighted by molar-refractivity contribution is 0.169. The Kier molecular flexibility index (Phi) is 3.94. The summed E-state index contributed by atoms with van der Waals surface area (Å²) in [7, 11) is -2.87. The molecule has 1 saturated heterocycles. The summed E-state index contributed by atoms with van der Waals surface area (Å²) in [6, 6.07) is 4.51. The average Bonchev–Trinajstić information content (AvgIpc) is 3.28. The van der Waals surface area contributed by atoms with Gasteiger partial charge in [0.05, 0.1) is 16.5 Å². The van der Waals surface area contributed by atoms with E-state index >= 15 is 0 Å². The zero-order valence-electron chi connectivity index (χ0n) is 12.8. The van der Waals surface area contributed by atoms with Crippen molar-refractivity contribution in [1.29, 1.82) is 0 Å². The summed E-state index contributed by atoms with van der Waals surface area (Å²) in [4.78, 5) is 2.34. The molecular formula is C16H20ClNO4S. The molecule has 1 saturated carbocycles. The van der Waals surface area contributed by atoms with E-state index in [-0.39, 0.29) is 11.8 Å². The predicted octanol–water partition coefficient (Wildman–Crippen LogP) is 2.26. The molecule has 0 bridgehead atoms. The van der Waals surface area contributed by atoms with Gasteiger partial charge in [-0.2, -0.15) is 0 Å². The summed E-state index contributed by atoms with van der Waals surface area (Å²) in [5.74, 6) is 1.89. The van der Waals surface area contributed by atoms with Gasteiger partial charge in [-0.25, -0.2) is 8.42 Å². The van der Waals surface area contributed by atoms with E-state index in [1.165, 1.54) is 0 Å². The lowest BCUT2D eigenvalue weighted by Crippen LogP contribution is -2.37.